The second-order valence-corrected chi connectivity index (χ2v) is 6.65. The highest BCUT2D eigenvalue weighted by Crippen LogP contribution is 2.32. The molecule has 1 atom stereocenters. The number of carboxylic acid groups (broad SMARTS) is 1. The molecule has 1 aromatic rings. The van der Waals surface area contributed by atoms with E-state index in [1.165, 1.54) is 5.56 Å². The van der Waals surface area contributed by atoms with Crippen molar-refractivity contribution in [3.8, 4) is 0 Å². The molecule has 0 spiro atoms. The normalized spacial score (nSPS) is 24.0. The first-order valence-corrected chi connectivity index (χ1v) is 8.10. The number of aliphatic carboxylic acids is 1. The van der Waals surface area contributed by atoms with Gasteiger partial charge in [-0.2, -0.15) is 0 Å². The van der Waals surface area contributed by atoms with E-state index in [0.717, 1.165) is 25.7 Å². The summed E-state index contributed by atoms with van der Waals surface area (Å²) < 4.78 is 0. The van der Waals surface area contributed by atoms with Crippen LogP contribution in [0.5, 0.6) is 0 Å². The van der Waals surface area contributed by atoms with Gasteiger partial charge in [0.15, 0.2) is 0 Å². The summed E-state index contributed by atoms with van der Waals surface area (Å²) in [5.41, 5.74) is 1.42. The Kier molecular flexibility index (Phi) is 5.80. The van der Waals surface area contributed by atoms with Gasteiger partial charge < -0.3 is 10.4 Å². The molecule has 3 heteroatoms. The molecule has 2 rings (SSSR count). The van der Waals surface area contributed by atoms with Crippen molar-refractivity contribution in [2.75, 3.05) is 0 Å². The molecule has 116 valence electrons. The molecule has 0 saturated heterocycles. The number of nitrogens with one attached hydrogen (secondary N) is 1. The molecular formula is C18H27NO2. The Morgan fingerprint density at radius 2 is 1.81 bits per heavy atom. The van der Waals surface area contributed by atoms with Crippen molar-refractivity contribution >= 4 is 5.97 Å². The summed E-state index contributed by atoms with van der Waals surface area (Å²) in [6, 6.07) is 10.6. The van der Waals surface area contributed by atoms with E-state index < -0.39 is 12.0 Å². The summed E-state index contributed by atoms with van der Waals surface area (Å²) >= 11 is 0. The van der Waals surface area contributed by atoms with Crippen molar-refractivity contribution in [1.82, 2.24) is 5.32 Å². The SMILES string of the molecule is CC(C)CC(NC1CCC(c2ccccc2)CC1)C(=O)O. The van der Waals surface area contributed by atoms with Crippen molar-refractivity contribution in [3.63, 3.8) is 0 Å². The molecule has 1 saturated carbocycles. The van der Waals surface area contributed by atoms with Gasteiger partial charge in [-0.25, -0.2) is 0 Å². The molecule has 0 aliphatic heterocycles. The fraction of sp³-hybridized carbons (Fsp3) is 0.611. The highest BCUT2D eigenvalue weighted by atomic mass is 16.4. The first kappa shape index (κ1) is 16.0. The zero-order valence-corrected chi connectivity index (χ0v) is 13.1. The van der Waals surface area contributed by atoms with E-state index in [9.17, 15) is 9.90 Å². The van der Waals surface area contributed by atoms with E-state index in [2.05, 4.69) is 49.5 Å². The van der Waals surface area contributed by atoms with Gasteiger partial charge in [-0.1, -0.05) is 44.2 Å². The molecular weight excluding hydrogens is 262 g/mol. The van der Waals surface area contributed by atoms with Crippen molar-refractivity contribution in [2.45, 2.75) is 64.0 Å². The number of hydrogen-bond acceptors (Lipinski definition) is 2. The monoisotopic (exact) mass is 289 g/mol. The molecule has 0 aromatic heterocycles. The van der Waals surface area contributed by atoms with Gasteiger partial charge in [-0.05, 0) is 49.5 Å². The first-order chi connectivity index (χ1) is 10.1. The van der Waals surface area contributed by atoms with Gasteiger partial charge in [-0.15, -0.1) is 0 Å². The lowest BCUT2D eigenvalue weighted by molar-refractivity contribution is -0.140. The van der Waals surface area contributed by atoms with E-state index in [4.69, 9.17) is 0 Å². The van der Waals surface area contributed by atoms with Gasteiger partial charge in [0.2, 0.25) is 0 Å². The summed E-state index contributed by atoms with van der Waals surface area (Å²) in [6.45, 7) is 4.15. The van der Waals surface area contributed by atoms with Gasteiger partial charge in [0.25, 0.3) is 0 Å². The van der Waals surface area contributed by atoms with Crippen LogP contribution in [0, 0.1) is 5.92 Å². The lowest BCUT2D eigenvalue weighted by Gasteiger charge is -2.31. The number of benzene rings is 1. The molecule has 21 heavy (non-hydrogen) atoms. The van der Waals surface area contributed by atoms with Gasteiger partial charge in [0.05, 0.1) is 0 Å². The summed E-state index contributed by atoms with van der Waals surface area (Å²) in [5, 5.41) is 12.7. The maximum Gasteiger partial charge on any atom is 0.320 e. The van der Waals surface area contributed by atoms with Crippen LogP contribution in [0.2, 0.25) is 0 Å². The predicted octanol–water partition coefficient (Wildman–Crippen LogP) is 3.80. The lowest BCUT2D eigenvalue weighted by atomic mass is 9.81. The van der Waals surface area contributed by atoms with Crippen LogP contribution < -0.4 is 5.32 Å². The summed E-state index contributed by atoms with van der Waals surface area (Å²) in [7, 11) is 0. The van der Waals surface area contributed by atoms with Crippen LogP contribution in [0.4, 0.5) is 0 Å². The fourth-order valence-corrected chi connectivity index (χ4v) is 3.31. The molecule has 0 amide bonds. The van der Waals surface area contributed by atoms with Crippen molar-refractivity contribution in [3.05, 3.63) is 35.9 Å². The summed E-state index contributed by atoms with van der Waals surface area (Å²) in [4.78, 5) is 11.3. The molecule has 1 aromatic carbocycles. The minimum atomic E-state index is -0.714. The van der Waals surface area contributed by atoms with E-state index in [-0.39, 0.29) is 0 Å². The maximum atomic E-state index is 11.3. The molecule has 0 heterocycles. The Bertz CT molecular complexity index is 436. The minimum Gasteiger partial charge on any atom is -0.480 e. The Labute approximate surface area is 127 Å². The van der Waals surface area contributed by atoms with Crippen LogP contribution in [0.25, 0.3) is 0 Å². The molecule has 2 N–H and O–H groups in total. The molecule has 1 fully saturated rings. The van der Waals surface area contributed by atoms with E-state index in [1.807, 2.05) is 0 Å². The van der Waals surface area contributed by atoms with Crippen LogP contribution in [0.1, 0.15) is 57.4 Å². The Morgan fingerprint density at radius 3 is 2.33 bits per heavy atom. The predicted molar refractivity (Wildman–Crippen MR) is 85.5 cm³/mol. The Morgan fingerprint density at radius 1 is 1.19 bits per heavy atom. The smallest absolute Gasteiger partial charge is 0.320 e. The number of carboxylic acids is 1. The molecule has 0 bridgehead atoms. The van der Waals surface area contributed by atoms with Gasteiger partial charge in [0.1, 0.15) is 6.04 Å². The second kappa shape index (κ2) is 7.60. The second-order valence-electron chi connectivity index (χ2n) is 6.65. The summed E-state index contributed by atoms with van der Waals surface area (Å²) in [6.07, 6.45) is 5.14. The maximum absolute atomic E-state index is 11.3. The average Bonchev–Trinajstić information content (AvgIpc) is 2.48. The minimum absolute atomic E-state index is 0.352. The summed E-state index contributed by atoms with van der Waals surface area (Å²) in [5.74, 6) is 0.325. The van der Waals surface area contributed by atoms with Crippen LogP contribution >= 0.6 is 0 Å². The largest absolute Gasteiger partial charge is 0.480 e. The zero-order chi connectivity index (χ0) is 15.2. The zero-order valence-electron chi connectivity index (χ0n) is 13.1. The van der Waals surface area contributed by atoms with Gasteiger partial charge in [0, 0.05) is 6.04 Å². The Balaban J connectivity index is 1.84. The van der Waals surface area contributed by atoms with Crippen LogP contribution in [0.3, 0.4) is 0 Å². The molecule has 0 radical (unpaired) electrons. The Hall–Kier alpha value is -1.35. The third-order valence-corrected chi connectivity index (χ3v) is 4.44. The molecule has 3 nitrogen and oxygen atoms in total. The number of carbonyl (C=O) groups is 1. The highest BCUT2D eigenvalue weighted by Gasteiger charge is 2.27. The lowest BCUT2D eigenvalue weighted by Crippen LogP contribution is -2.45. The molecule has 1 aliphatic rings. The van der Waals surface area contributed by atoms with Crippen molar-refractivity contribution < 1.29 is 9.90 Å². The van der Waals surface area contributed by atoms with Gasteiger partial charge in [-0.3, -0.25) is 4.79 Å². The van der Waals surface area contributed by atoms with Gasteiger partial charge >= 0.3 is 5.97 Å². The molecule has 1 aliphatic carbocycles. The van der Waals surface area contributed by atoms with E-state index in [0.29, 0.717) is 24.3 Å². The standard InChI is InChI=1S/C18H27NO2/c1-13(2)12-17(18(20)21)19-16-10-8-15(9-11-16)14-6-4-3-5-7-14/h3-7,13,15-17,19H,8-12H2,1-2H3,(H,20,21). The van der Waals surface area contributed by atoms with E-state index >= 15 is 0 Å². The van der Waals surface area contributed by atoms with Crippen LogP contribution in [0.15, 0.2) is 30.3 Å². The quantitative estimate of drug-likeness (QED) is 0.837. The topological polar surface area (TPSA) is 49.3 Å². The number of hydrogen-bond donors (Lipinski definition) is 2. The van der Waals surface area contributed by atoms with Crippen molar-refractivity contribution in [1.29, 1.82) is 0 Å². The van der Waals surface area contributed by atoms with Crippen LogP contribution in [-0.2, 0) is 4.79 Å². The van der Waals surface area contributed by atoms with E-state index in [1.54, 1.807) is 0 Å². The van der Waals surface area contributed by atoms with Crippen LogP contribution in [-0.4, -0.2) is 23.2 Å². The number of rotatable bonds is 6. The fourth-order valence-electron chi connectivity index (χ4n) is 3.31. The van der Waals surface area contributed by atoms with Crippen molar-refractivity contribution in [2.24, 2.45) is 5.92 Å². The third-order valence-electron chi connectivity index (χ3n) is 4.44. The highest BCUT2D eigenvalue weighted by molar-refractivity contribution is 5.73. The average molecular weight is 289 g/mol. The first-order valence-electron chi connectivity index (χ1n) is 8.10. The third kappa shape index (κ3) is 4.85. The molecule has 1 unspecified atom stereocenters.